The van der Waals surface area contributed by atoms with Crippen LogP contribution in [0.3, 0.4) is 0 Å². The Morgan fingerprint density at radius 1 is 1.41 bits per heavy atom. The molecular weight excluding hydrogens is 434 g/mol. The number of carbonyl (C=O) groups is 1. The minimum atomic E-state index is -0.618. The van der Waals surface area contributed by atoms with E-state index in [9.17, 15) is 4.79 Å². The molecule has 4 heterocycles. The molecule has 8 heteroatoms. The molecule has 29 heavy (non-hydrogen) atoms. The van der Waals surface area contributed by atoms with E-state index in [0.29, 0.717) is 6.61 Å². The summed E-state index contributed by atoms with van der Waals surface area (Å²) < 4.78 is 7.06. The highest BCUT2D eigenvalue weighted by Crippen LogP contribution is 2.46. The van der Waals surface area contributed by atoms with Crippen molar-refractivity contribution in [2.45, 2.75) is 57.2 Å². The summed E-state index contributed by atoms with van der Waals surface area (Å²) >= 11 is 3.72. The highest BCUT2D eigenvalue weighted by atomic mass is 79.9. The van der Waals surface area contributed by atoms with Crippen molar-refractivity contribution >= 4 is 44.2 Å². The van der Waals surface area contributed by atoms with Gasteiger partial charge in [0.25, 0.3) is 0 Å². The molecule has 0 radical (unpaired) electrons. The van der Waals surface area contributed by atoms with Crippen LogP contribution in [0.4, 0.5) is 11.4 Å². The Kier molecular flexibility index (Phi) is 4.83. The SMILES string of the molecule is C[C@]1(N(C(=O)C2CC2)c2c[nH]c3ncc(Br)c(N4CCCC(N)C4)c23)CCCO1. The van der Waals surface area contributed by atoms with E-state index in [1.807, 2.05) is 24.2 Å². The summed E-state index contributed by atoms with van der Waals surface area (Å²) in [6.07, 6.45) is 9.58. The van der Waals surface area contributed by atoms with Gasteiger partial charge in [0.05, 0.1) is 21.2 Å². The number of pyridine rings is 1. The fourth-order valence-corrected chi connectivity index (χ4v) is 5.35. The third-order valence-electron chi connectivity index (χ3n) is 6.44. The van der Waals surface area contributed by atoms with Crippen molar-refractivity contribution in [2.75, 3.05) is 29.5 Å². The first-order valence-electron chi connectivity index (χ1n) is 10.6. The van der Waals surface area contributed by atoms with Crippen molar-refractivity contribution in [3.8, 4) is 0 Å². The van der Waals surface area contributed by atoms with Crippen LogP contribution >= 0.6 is 15.9 Å². The first kappa shape index (κ1) is 19.3. The van der Waals surface area contributed by atoms with Crippen LogP contribution in [0, 0.1) is 5.92 Å². The zero-order chi connectivity index (χ0) is 20.2. The number of anilines is 2. The van der Waals surface area contributed by atoms with Crippen molar-refractivity contribution in [3.63, 3.8) is 0 Å². The van der Waals surface area contributed by atoms with Crippen LogP contribution in [0.2, 0.25) is 0 Å². The van der Waals surface area contributed by atoms with Gasteiger partial charge in [0.2, 0.25) is 5.91 Å². The van der Waals surface area contributed by atoms with E-state index in [4.69, 9.17) is 10.5 Å². The minimum Gasteiger partial charge on any atom is -0.368 e. The zero-order valence-electron chi connectivity index (χ0n) is 16.8. The summed E-state index contributed by atoms with van der Waals surface area (Å²) in [5.74, 6) is 0.268. The van der Waals surface area contributed by atoms with Gasteiger partial charge in [-0.2, -0.15) is 0 Å². The maximum absolute atomic E-state index is 13.4. The van der Waals surface area contributed by atoms with Crippen molar-refractivity contribution in [3.05, 3.63) is 16.9 Å². The standard InChI is InChI=1S/C21H28BrN5O2/c1-21(7-3-9-29-21)27(20(28)13-5-6-13)16-11-25-19-17(16)18(15(22)10-24-19)26-8-2-4-14(23)12-26/h10-11,13-14H,2-9,12,23H2,1H3,(H,24,25)/t14?,21-/m1/s1. The van der Waals surface area contributed by atoms with Gasteiger partial charge < -0.3 is 20.4 Å². The first-order valence-corrected chi connectivity index (χ1v) is 11.4. The number of H-pyrrole nitrogens is 1. The molecule has 5 rings (SSSR count). The van der Waals surface area contributed by atoms with Crippen molar-refractivity contribution < 1.29 is 9.53 Å². The second-order valence-corrected chi connectivity index (χ2v) is 9.63. The van der Waals surface area contributed by atoms with Crippen molar-refractivity contribution in [1.82, 2.24) is 9.97 Å². The number of carbonyl (C=O) groups excluding carboxylic acids is 1. The smallest absolute Gasteiger partial charge is 0.232 e. The van der Waals surface area contributed by atoms with Crippen LogP contribution in [0.25, 0.3) is 11.0 Å². The maximum Gasteiger partial charge on any atom is 0.232 e. The van der Waals surface area contributed by atoms with E-state index in [0.717, 1.165) is 78.5 Å². The van der Waals surface area contributed by atoms with Gasteiger partial charge in [-0.3, -0.25) is 9.69 Å². The molecule has 3 N–H and O–H groups in total. The van der Waals surface area contributed by atoms with Crippen LogP contribution < -0.4 is 15.5 Å². The maximum atomic E-state index is 13.4. The number of rotatable bonds is 4. The number of hydrogen-bond acceptors (Lipinski definition) is 5. The molecule has 2 aromatic rings. The Bertz CT molecular complexity index is 935. The third-order valence-corrected chi connectivity index (χ3v) is 7.02. The lowest BCUT2D eigenvalue weighted by Gasteiger charge is -2.38. The number of aromatic nitrogens is 2. The fraction of sp³-hybridized carbons (Fsp3) is 0.619. The van der Waals surface area contributed by atoms with Crippen LogP contribution in [0.5, 0.6) is 0 Å². The van der Waals surface area contributed by atoms with Gasteiger partial charge in [0.15, 0.2) is 0 Å². The molecule has 0 bridgehead atoms. The van der Waals surface area contributed by atoms with Gasteiger partial charge in [0, 0.05) is 44.0 Å². The summed E-state index contributed by atoms with van der Waals surface area (Å²) in [7, 11) is 0. The number of amides is 1. The number of piperidine rings is 1. The average Bonchev–Trinajstić information content (AvgIpc) is 3.34. The predicted octanol–water partition coefficient (Wildman–Crippen LogP) is 3.52. The first-order chi connectivity index (χ1) is 14.0. The number of halogens is 1. The van der Waals surface area contributed by atoms with Crippen LogP contribution in [0.1, 0.15) is 45.4 Å². The molecule has 2 aromatic heterocycles. The van der Waals surface area contributed by atoms with Gasteiger partial charge in [0.1, 0.15) is 11.4 Å². The lowest BCUT2D eigenvalue weighted by Crippen LogP contribution is -2.50. The molecule has 1 amide bonds. The molecule has 1 unspecified atom stereocenters. The predicted molar refractivity (Wildman–Crippen MR) is 117 cm³/mol. The molecule has 3 aliphatic rings. The summed E-state index contributed by atoms with van der Waals surface area (Å²) in [4.78, 5) is 25.6. The fourth-order valence-electron chi connectivity index (χ4n) is 4.80. The van der Waals surface area contributed by atoms with Crippen LogP contribution in [-0.4, -0.2) is 47.3 Å². The second-order valence-electron chi connectivity index (χ2n) is 8.78. The number of nitrogens with two attached hydrogens (primary N) is 1. The Labute approximate surface area is 179 Å². The molecule has 3 fully saturated rings. The summed E-state index contributed by atoms with van der Waals surface area (Å²) in [6.45, 7) is 4.47. The van der Waals surface area contributed by atoms with Crippen LogP contribution in [0.15, 0.2) is 16.9 Å². The quantitative estimate of drug-likeness (QED) is 0.726. The summed E-state index contributed by atoms with van der Waals surface area (Å²) in [6, 6.07) is 0.154. The van der Waals surface area contributed by atoms with E-state index >= 15 is 0 Å². The molecule has 2 atom stereocenters. The van der Waals surface area contributed by atoms with E-state index in [1.54, 1.807) is 0 Å². The molecular formula is C21H28BrN5O2. The molecule has 0 spiro atoms. The molecule has 1 saturated carbocycles. The minimum absolute atomic E-state index is 0.105. The van der Waals surface area contributed by atoms with Crippen molar-refractivity contribution in [2.24, 2.45) is 11.7 Å². The summed E-state index contributed by atoms with van der Waals surface area (Å²) in [5, 5.41) is 0.971. The van der Waals surface area contributed by atoms with E-state index < -0.39 is 5.72 Å². The van der Waals surface area contributed by atoms with Gasteiger partial charge in [-0.15, -0.1) is 0 Å². The Morgan fingerprint density at radius 2 is 2.24 bits per heavy atom. The average molecular weight is 462 g/mol. The summed E-state index contributed by atoms with van der Waals surface area (Å²) in [5.41, 5.74) is 8.38. The van der Waals surface area contributed by atoms with Gasteiger partial charge in [-0.1, -0.05) is 0 Å². The Hall–Kier alpha value is -1.64. The topological polar surface area (TPSA) is 87.5 Å². The second kappa shape index (κ2) is 7.25. The highest BCUT2D eigenvalue weighted by molar-refractivity contribution is 9.10. The van der Waals surface area contributed by atoms with Gasteiger partial charge in [-0.25, -0.2) is 4.98 Å². The largest absolute Gasteiger partial charge is 0.368 e. The molecule has 1 aliphatic carbocycles. The number of hydrogen-bond donors (Lipinski definition) is 2. The highest BCUT2D eigenvalue weighted by Gasteiger charge is 2.46. The number of ether oxygens (including phenoxy) is 1. The Morgan fingerprint density at radius 3 is 2.93 bits per heavy atom. The normalized spacial score (nSPS) is 27.6. The van der Waals surface area contributed by atoms with Gasteiger partial charge >= 0.3 is 0 Å². The van der Waals surface area contributed by atoms with E-state index in [-0.39, 0.29) is 17.9 Å². The molecule has 2 saturated heterocycles. The number of aromatic amines is 1. The third kappa shape index (κ3) is 3.35. The van der Waals surface area contributed by atoms with E-state index in [1.165, 1.54) is 0 Å². The molecule has 2 aliphatic heterocycles. The Balaban J connectivity index is 1.67. The molecule has 156 valence electrons. The van der Waals surface area contributed by atoms with Crippen LogP contribution in [-0.2, 0) is 9.53 Å². The number of nitrogens with zero attached hydrogens (tertiary/aromatic N) is 3. The lowest BCUT2D eigenvalue weighted by atomic mass is 10.0. The molecule has 7 nitrogen and oxygen atoms in total. The van der Waals surface area contributed by atoms with Crippen molar-refractivity contribution in [1.29, 1.82) is 0 Å². The van der Waals surface area contributed by atoms with Gasteiger partial charge in [-0.05, 0) is 61.4 Å². The zero-order valence-corrected chi connectivity index (χ0v) is 18.4. The monoisotopic (exact) mass is 461 g/mol. The van der Waals surface area contributed by atoms with E-state index in [2.05, 4.69) is 30.8 Å². The number of nitrogens with one attached hydrogen (secondary N) is 1. The lowest BCUT2D eigenvalue weighted by molar-refractivity contribution is -0.124. The number of fused-ring (bicyclic) bond motifs is 1. The molecule has 0 aromatic carbocycles.